The maximum Gasteiger partial charge on any atom is 0.252 e. The van der Waals surface area contributed by atoms with Crippen LogP contribution in [-0.2, 0) is 9.59 Å². The number of fused-ring (bicyclic) bond motifs is 1. The highest BCUT2D eigenvalue weighted by molar-refractivity contribution is 7.71. The summed E-state index contributed by atoms with van der Waals surface area (Å²) in [6.07, 6.45) is 0.0380. The molecule has 8 heteroatoms. The van der Waals surface area contributed by atoms with Gasteiger partial charge in [0.2, 0.25) is 5.91 Å². The van der Waals surface area contributed by atoms with E-state index in [0.29, 0.717) is 11.0 Å². The number of aromatic nitrogens is 2. The first kappa shape index (κ1) is 13.7. The Balaban J connectivity index is 2.23. The molecule has 0 spiro atoms. The molecule has 0 bridgehead atoms. The topological polar surface area (TPSA) is 67.3 Å². The fraction of sp³-hybridized carbons (Fsp3) is 0.308. The number of nitrogens with zero attached hydrogens (tertiary/aromatic N) is 2. The monoisotopic (exact) mass is 309 g/mol. The highest BCUT2D eigenvalue weighted by Crippen LogP contribution is 2.31. The van der Waals surface area contributed by atoms with Crippen molar-refractivity contribution < 1.29 is 18.7 Å². The molecule has 0 aliphatic carbocycles. The molecular weight excluding hydrogens is 297 g/mol. The predicted molar refractivity (Wildman–Crippen MR) is 75.1 cm³/mol. The van der Waals surface area contributed by atoms with Gasteiger partial charge in [-0.3, -0.25) is 14.5 Å². The van der Waals surface area contributed by atoms with Gasteiger partial charge in [-0.15, -0.1) is 0 Å². The average molecular weight is 309 g/mol. The quantitative estimate of drug-likeness (QED) is 0.678. The SMILES string of the molecule is COc1cc2c(cc1F)[nH]c(=S)n2C1CC(=O)N(C)C1=O. The van der Waals surface area contributed by atoms with Crippen LogP contribution < -0.4 is 4.74 Å². The standard InChI is InChI=1S/C13H12FN3O3S/c1-16-11(18)5-9(12(16)19)17-8-4-10(20-2)6(14)3-7(8)15-13(17)21/h3-4,9H,5H2,1-2H3,(H,15,21). The van der Waals surface area contributed by atoms with Crippen LogP contribution in [0.3, 0.4) is 0 Å². The maximum absolute atomic E-state index is 13.7. The van der Waals surface area contributed by atoms with E-state index in [4.69, 9.17) is 17.0 Å². The summed E-state index contributed by atoms with van der Waals surface area (Å²) in [6, 6.07) is 2.01. The lowest BCUT2D eigenvalue weighted by Crippen LogP contribution is -2.26. The molecule has 110 valence electrons. The van der Waals surface area contributed by atoms with Crippen LogP contribution in [0.1, 0.15) is 12.5 Å². The number of aromatic amines is 1. The number of carbonyl (C=O) groups is 2. The molecule has 0 saturated carbocycles. The lowest BCUT2D eigenvalue weighted by molar-refractivity contribution is -0.137. The Hall–Kier alpha value is -2.22. The normalized spacial score (nSPS) is 18.8. The van der Waals surface area contributed by atoms with Crippen LogP contribution in [0.25, 0.3) is 11.0 Å². The van der Waals surface area contributed by atoms with Gasteiger partial charge in [0.25, 0.3) is 5.91 Å². The third-order valence-corrected chi connectivity index (χ3v) is 3.96. The maximum atomic E-state index is 13.7. The van der Waals surface area contributed by atoms with Crippen LogP contribution >= 0.6 is 12.2 Å². The molecule has 6 nitrogen and oxygen atoms in total. The number of H-pyrrole nitrogens is 1. The summed E-state index contributed by atoms with van der Waals surface area (Å²) in [5, 5.41) is 0. The Bertz CT molecular complexity index is 826. The smallest absolute Gasteiger partial charge is 0.252 e. The zero-order chi connectivity index (χ0) is 15.3. The molecule has 2 amide bonds. The molecule has 1 N–H and O–H groups in total. The highest BCUT2D eigenvalue weighted by Gasteiger charge is 2.38. The lowest BCUT2D eigenvalue weighted by atomic mass is 10.2. The number of hydrogen-bond acceptors (Lipinski definition) is 4. The van der Waals surface area contributed by atoms with Gasteiger partial charge in [0, 0.05) is 19.2 Å². The molecule has 1 aliphatic heterocycles. The van der Waals surface area contributed by atoms with E-state index < -0.39 is 11.9 Å². The van der Waals surface area contributed by atoms with Crippen molar-refractivity contribution in [2.24, 2.45) is 0 Å². The number of benzene rings is 1. The van der Waals surface area contributed by atoms with E-state index in [1.165, 1.54) is 30.9 Å². The van der Waals surface area contributed by atoms with Gasteiger partial charge in [-0.05, 0) is 12.2 Å². The van der Waals surface area contributed by atoms with E-state index in [2.05, 4.69) is 4.98 Å². The van der Waals surface area contributed by atoms with E-state index in [9.17, 15) is 14.0 Å². The van der Waals surface area contributed by atoms with Crippen molar-refractivity contribution in [3.8, 4) is 5.75 Å². The number of carbonyl (C=O) groups excluding carboxylic acids is 2. The Morgan fingerprint density at radius 1 is 1.43 bits per heavy atom. The number of likely N-dealkylation sites (tertiary alicyclic amines) is 1. The first-order valence-electron chi connectivity index (χ1n) is 6.22. The second kappa shape index (κ2) is 4.66. The Labute approximate surface area is 124 Å². The number of halogens is 1. The van der Waals surface area contributed by atoms with E-state index in [0.717, 1.165) is 4.90 Å². The van der Waals surface area contributed by atoms with Crippen LogP contribution in [0.15, 0.2) is 12.1 Å². The molecule has 2 heterocycles. The number of nitrogens with one attached hydrogen (secondary N) is 1. The van der Waals surface area contributed by atoms with Crippen molar-refractivity contribution in [1.29, 1.82) is 0 Å². The average Bonchev–Trinajstić information content (AvgIpc) is 2.88. The first-order chi connectivity index (χ1) is 9.93. The van der Waals surface area contributed by atoms with E-state index in [1.54, 1.807) is 0 Å². The van der Waals surface area contributed by atoms with Crippen LogP contribution in [0, 0.1) is 10.6 Å². The molecule has 1 atom stereocenters. The number of likely N-dealkylation sites (N-methyl/N-ethyl adjacent to an activating group) is 1. The molecule has 3 rings (SSSR count). The Kier molecular flexibility index (Phi) is 3.05. The molecule has 0 radical (unpaired) electrons. The molecule has 1 aromatic heterocycles. The summed E-state index contributed by atoms with van der Waals surface area (Å²) >= 11 is 5.20. The second-order valence-corrected chi connectivity index (χ2v) is 5.20. The highest BCUT2D eigenvalue weighted by atomic mass is 32.1. The van der Waals surface area contributed by atoms with Crippen molar-refractivity contribution in [1.82, 2.24) is 14.5 Å². The van der Waals surface area contributed by atoms with Gasteiger partial charge in [0.05, 0.1) is 24.6 Å². The van der Waals surface area contributed by atoms with Gasteiger partial charge in [0.15, 0.2) is 16.3 Å². The third kappa shape index (κ3) is 1.94. The van der Waals surface area contributed by atoms with E-state index in [-0.39, 0.29) is 28.8 Å². The third-order valence-electron chi connectivity index (χ3n) is 3.66. The predicted octanol–water partition coefficient (Wildman–Crippen LogP) is 1.78. The number of amides is 2. The van der Waals surface area contributed by atoms with Gasteiger partial charge in [-0.25, -0.2) is 4.39 Å². The molecular formula is C13H12FN3O3S. The number of ether oxygens (including phenoxy) is 1. The fourth-order valence-electron chi connectivity index (χ4n) is 2.53. The zero-order valence-electron chi connectivity index (χ0n) is 11.3. The fourth-order valence-corrected chi connectivity index (χ4v) is 2.87. The van der Waals surface area contributed by atoms with Crippen molar-refractivity contribution in [2.45, 2.75) is 12.5 Å². The lowest BCUT2D eigenvalue weighted by Gasteiger charge is -2.12. The molecule has 21 heavy (non-hydrogen) atoms. The Morgan fingerprint density at radius 2 is 2.14 bits per heavy atom. The van der Waals surface area contributed by atoms with Crippen LogP contribution in [0.4, 0.5) is 4.39 Å². The summed E-state index contributed by atoms with van der Waals surface area (Å²) in [4.78, 5) is 27.7. The summed E-state index contributed by atoms with van der Waals surface area (Å²) in [5.74, 6) is -1.08. The van der Waals surface area contributed by atoms with Gasteiger partial charge >= 0.3 is 0 Å². The minimum atomic E-state index is -0.709. The first-order valence-corrected chi connectivity index (χ1v) is 6.63. The molecule has 1 fully saturated rings. The Morgan fingerprint density at radius 3 is 2.71 bits per heavy atom. The van der Waals surface area contributed by atoms with E-state index in [1.807, 2.05) is 0 Å². The number of methoxy groups -OCH3 is 1. The molecule has 1 aromatic carbocycles. The molecule has 1 saturated heterocycles. The van der Waals surface area contributed by atoms with Gasteiger partial charge in [-0.2, -0.15) is 0 Å². The summed E-state index contributed by atoms with van der Waals surface area (Å²) in [5.41, 5.74) is 0.979. The second-order valence-electron chi connectivity index (χ2n) is 4.81. The van der Waals surface area contributed by atoms with Gasteiger partial charge < -0.3 is 14.3 Å². The largest absolute Gasteiger partial charge is 0.494 e. The number of rotatable bonds is 2. The number of hydrogen-bond donors (Lipinski definition) is 1. The van der Waals surface area contributed by atoms with Crippen molar-refractivity contribution in [2.75, 3.05) is 14.2 Å². The minimum absolute atomic E-state index is 0.0380. The number of imidazole rings is 1. The van der Waals surface area contributed by atoms with Gasteiger partial charge in [0.1, 0.15) is 6.04 Å². The van der Waals surface area contributed by atoms with Gasteiger partial charge in [-0.1, -0.05) is 0 Å². The summed E-state index contributed by atoms with van der Waals surface area (Å²) in [7, 11) is 2.79. The minimum Gasteiger partial charge on any atom is -0.494 e. The zero-order valence-corrected chi connectivity index (χ0v) is 12.2. The van der Waals surface area contributed by atoms with Crippen LogP contribution in [0.2, 0.25) is 0 Å². The van der Waals surface area contributed by atoms with Crippen LogP contribution in [0.5, 0.6) is 5.75 Å². The molecule has 2 aromatic rings. The molecule has 1 aliphatic rings. The van der Waals surface area contributed by atoms with Crippen molar-refractivity contribution >= 4 is 35.1 Å². The summed E-state index contributed by atoms with van der Waals surface area (Å²) < 4.78 is 20.5. The van der Waals surface area contributed by atoms with Crippen molar-refractivity contribution in [3.05, 3.63) is 22.7 Å². The summed E-state index contributed by atoms with van der Waals surface area (Å²) in [6.45, 7) is 0. The van der Waals surface area contributed by atoms with E-state index >= 15 is 0 Å². The van der Waals surface area contributed by atoms with Crippen molar-refractivity contribution in [3.63, 3.8) is 0 Å². The molecule has 1 unspecified atom stereocenters. The number of imide groups is 1. The van der Waals surface area contributed by atoms with Crippen LogP contribution in [-0.4, -0.2) is 40.4 Å².